The van der Waals surface area contributed by atoms with Crippen molar-refractivity contribution in [2.75, 3.05) is 0 Å². The molecule has 1 heterocycles. The summed E-state index contributed by atoms with van der Waals surface area (Å²) in [6.45, 7) is 0. The summed E-state index contributed by atoms with van der Waals surface area (Å²) >= 11 is 18.4. The van der Waals surface area contributed by atoms with Gasteiger partial charge in [0.15, 0.2) is 0 Å². The number of amides is 1. The average Bonchev–Trinajstić information content (AvgIpc) is 3.21. The molecule has 0 N–H and O–H groups in total. The highest BCUT2D eigenvalue weighted by molar-refractivity contribution is 6.31. The van der Waals surface area contributed by atoms with E-state index in [0.29, 0.717) is 20.6 Å². The summed E-state index contributed by atoms with van der Waals surface area (Å²) in [6, 6.07) is 22.3. The molecule has 1 fully saturated rings. The van der Waals surface area contributed by atoms with Gasteiger partial charge in [0.05, 0.1) is 11.8 Å². The number of benzene rings is 3. The standard InChI is InChI=1S/C27H21Cl3N2O/c28-21-11-7-17(8-12-21)15-19-3-2-6-24-25(19)31-32(26(24)18-9-13-22(29)14-10-18)27(33)20-4-1-5-23(30)16-20/h1,4-5,7-16,24,26H,2-3,6H2/b19-15-/t24-,26+/m1/s1. The first-order valence-electron chi connectivity index (χ1n) is 10.9. The Morgan fingerprint density at radius 1 is 0.909 bits per heavy atom. The van der Waals surface area contributed by atoms with E-state index in [0.717, 1.165) is 41.7 Å². The number of allylic oxidation sites excluding steroid dienone is 1. The maximum atomic E-state index is 13.6. The van der Waals surface area contributed by atoms with E-state index in [4.69, 9.17) is 39.9 Å². The Balaban J connectivity index is 1.58. The van der Waals surface area contributed by atoms with E-state index in [-0.39, 0.29) is 17.9 Å². The molecule has 0 saturated heterocycles. The van der Waals surface area contributed by atoms with Crippen molar-refractivity contribution < 1.29 is 4.79 Å². The predicted octanol–water partition coefficient (Wildman–Crippen LogP) is 8.08. The lowest BCUT2D eigenvalue weighted by molar-refractivity contribution is 0.0681. The van der Waals surface area contributed by atoms with Crippen molar-refractivity contribution >= 4 is 52.5 Å². The third-order valence-electron chi connectivity index (χ3n) is 6.20. The molecule has 0 radical (unpaired) electrons. The average molecular weight is 496 g/mol. The van der Waals surface area contributed by atoms with Gasteiger partial charge in [0.25, 0.3) is 5.91 Å². The lowest BCUT2D eigenvalue weighted by atomic mass is 9.77. The summed E-state index contributed by atoms with van der Waals surface area (Å²) in [5, 5.41) is 8.45. The van der Waals surface area contributed by atoms with Gasteiger partial charge < -0.3 is 0 Å². The Labute approximate surface area is 208 Å². The normalized spacial score (nSPS) is 21.1. The third kappa shape index (κ3) is 4.59. The second kappa shape index (κ2) is 9.34. The van der Waals surface area contributed by atoms with Gasteiger partial charge in [0.2, 0.25) is 0 Å². The summed E-state index contributed by atoms with van der Waals surface area (Å²) in [7, 11) is 0. The number of hydrogen-bond donors (Lipinski definition) is 0. The van der Waals surface area contributed by atoms with Gasteiger partial charge in [-0.15, -0.1) is 0 Å². The molecule has 0 aromatic heterocycles. The fourth-order valence-electron chi connectivity index (χ4n) is 4.68. The van der Waals surface area contributed by atoms with Crippen LogP contribution < -0.4 is 0 Å². The number of hydrazone groups is 1. The van der Waals surface area contributed by atoms with Crippen molar-refractivity contribution in [1.29, 1.82) is 0 Å². The van der Waals surface area contributed by atoms with Crippen LogP contribution >= 0.6 is 34.8 Å². The van der Waals surface area contributed by atoms with Gasteiger partial charge in [-0.2, -0.15) is 5.10 Å². The SMILES string of the molecule is O=C(c1cccc(Cl)c1)N1N=C2/C(=C\c3ccc(Cl)cc3)CCC[C@H]2[C@@H]1c1ccc(Cl)cc1. The van der Waals surface area contributed by atoms with Crippen LogP contribution in [0.2, 0.25) is 15.1 Å². The fourth-order valence-corrected chi connectivity index (χ4v) is 5.12. The van der Waals surface area contributed by atoms with E-state index in [1.54, 1.807) is 29.3 Å². The number of nitrogens with zero attached hydrogens (tertiary/aromatic N) is 2. The number of halogens is 3. The monoisotopic (exact) mass is 494 g/mol. The van der Waals surface area contributed by atoms with Crippen LogP contribution in [0, 0.1) is 5.92 Å². The first kappa shape index (κ1) is 22.2. The van der Waals surface area contributed by atoms with E-state index in [2.05, 4.69) is 6.08 Å². The van der Waals surface area contributed by atoms with Crippen LogP contribution in [0.15, 0.2) is 83.5 Å². The molecule has 166 valence electrons. The van der Waals surface area contributed by atoms with Crippen molar-refractivity contribution in [1.82, 2.24) is 5.01 Å². The second-order valence-electron chi connectivity index (χ2n) is 8.36. The van der Waals surface area contributed by atoms with Gasteiger partial charge >= 0.3 is 0 Å². The highest BCUT2D eigenvalue weighted by Gasteiger charge is 2.43. The molecular weight excluding hydrogens is 475 g/mol. The minimum absolute atomic E-state index is 0.113. The minimum Gasteiger partial charge on any atom is -0.267 e. The van der Waals surface area contributed by atoms with Crippen LogP contribution in [0.1, 0.15) is 46.8 Å². The minimum atomic E-state index is -0.197. The molecule has 2 atom stereocenters. The largest absolute Gasteiger partial charge is 0.274 e. The molecule has 0 unspecified atom stereocenters. The second-order valence-corrected chi connectivity index (χ2v) is 9.67. The summed E-state index contributed by atoms with van der Waals surface area (Å²) in [5.74, 6) is -0.0493. The lowest BCUT2D eigenvalue weighted by Gasteiger charge is -2.29. The molecule has 3 aromatic carbocycles. The predicted molar refractivity (Wildman–Crippen MR) is 136 cm³/mol. The van der Waals surface area contributed by atoms with Crippen LogP contribution in [0.3, 0.4) is 0 Å². The number of carbonyl (C=O) groups is 1. The van der Waals surface area contributed by atoms with E-state index in [9.17, 15) is 4.79 Å². The molecule has 6 heteroatoms. The summed E-state index contributed by atoms with van der Waals surface area (Å²) in [4.78, 5) is 13.6. The first-order chi connectivity index (χ1) is 16.0. The topological polar surface area (TPSA) is 32.7 Å². The highest BCUT2D eigenvalue weighted by atomic mass is 35.5. The van der Waals surface area contributed by atoms with Crippen molar-refractivity contribution in [2.24, 2.45) is 11.0 Å². The molecular formula is C27H21Cl3N2O. The number of rotatable bonds is 3. The highest BCUT2D eigenvalue weighted by Crippen LogP contribution is 2.45. The van der Waals surface area contributed by atoms with Crippen LogP contribution in [-0.4, -0.2) is 16.6 Å². The number of hydrogen-bond acceptors (Lipinski definition) is 2. The first-order valence-corrected chi connectivity index (χ1v) is 12.0. The maximum Gasteiger partial charge on any atom is 0.274 e. The van der Waals surface area contributed by atoms with Crippen LogP contribution in [0.4, 0.5) is 0 Å². The molecule has 3 aromatic rings. The van der Waals surface area contributed by atoms with Gasteiger partial charge in [-0.1, -0.05) is 65.1 Å². The van der Waals surface area contributed by atoms with Crippen LogP contribution in [-0.2, 0) is 0 Å². The Hall–Kier alpha value is -2.59. The number of carbonyl (C=O) groups excluding carboxylic acids is 1. The van der Waals surface area contributed by atoms with Crippen molar-refractivity contribution in [2.45, 2.75) is 25.3 Å². The van der Waals surface area contributed by atoms with E-state index < -0.39 is 0 Å². The Kier molecular flexibility index (Phi) is 6.29. The number of fused-ring (bicyclic) bond motifs is 1. The van der Waals surface area contributed by atoms with Gasteiger partial charge in [0.1, 0.15) is 0 Å². The molecule has 5 rings (SSSR count). The summed E-state index contributed by atoms with van der Waals surface area (Å²) < 4.78 is 0. The van der Waals surface area contributed by atoms with E-state index >= 15 is 0 Å². The molecule has 1 saturated carbocycles. The third-order valence-corrected chi connectivity index (χ3v) is 6.94. The van der Waals surface area contributed by atoms with Gasteiger partial charge in [-0.3, -0.25) is 4.79 Å². The fraction of sp³-hybridized carbons (Fsp3) is 0.185. The maximum absolute atomic E-state index is 13.6. The molecule has 2 aliphatic rings. The van der Waals surface area contributed by atoms with Crippen LogP contribution in [0.5, 0.6) is 0 Å². The Morgan fingerprint density at radius 2 is 1.61 bits per heavy atom. The molecule has 3 nitrogen and oxygen atoms in total. The zero-order valence-corrected chi connectivity index (χ0v) is 20.0. The summed E-state index contributed by atoms with van der Waals surface area (Å²) in [5.41, 5.74) is 4.75. The van der Waals surface area contributed by atoms with Crippen LogP contribution in [0.25, 0.3) is 6.08 Å². The molecule has 0 bridgehead atoms. The quantitative estimate of drug-likeness (QED) is 0.361. The molecule has 1 aliphatic heterocycles. The van der Waals surface area contributed by atoms with Crippen molar-refractivity contribution in [3.05, 3.63) is 110 Å². The lowest BCUT2D eigenvalue weighted by Crippen LogP contribution is -2.31. The molecule has 0 spiro atoms. The van der Waals surface area contributed by atoms with Gasteiger partial charge in [-0.25, -0.2) is 5.01 Å². The van der Waals surface area contributed by atoms with Crippen molar-refractivity contribution in [3.8, 4) is 0 Å². The van der Waals surface area contributed by atoms with E-state index in [1.807, 2.05) is 48.5 Å². The Morgan fingerprint density at radius 3 is 2.30 bits per heavy atom. The molecule has 1 amide bonds. The summed E-state index contributed by atoms with van der Waals surface area (Å²) in [6.07, 6.45) is 5.08. The van der Waals surface area contributed by atoms with Gasteiger partial charge in [-0.05, 0) is 84.5 Å². The Bertz CT molecular complexity index is 1250. The zero-order chi connectivity index (χ0) is 22.9. The molecule has 33 heavy (non-hydrogen) atoms. The van der Waals surface area contributed by atoms with E-state index in [1.165, 1.54) is 0 Å². The molecule has 1 aliphatic carbocycles. The van der Waals surface area contributed by atoms with Crippen molar-refractivity contribution in [3.63, 3.8) is 0 Å². The smallest absolute Gasteiger partial charge is 0.267 e. The zero-order valence-electron chi connectivity index (χ0n) is 17.7. The van der Waals surface area contributed by atoms with Gasteiger partial charge in [0, 0.05) is 26.5 Å².